The minimum atomic E-state index is -1.38. The summed E-state index contributed by atoms with van der Waals surface area (Å²) in [4.78, 5) is 26.1. The van der Waals surface area contributed by atoms with Gasteiger partial charge in [0.25, 0.3) is 0 Å². The van der Waals surface area contributed by atoms with Gasteiger partial charge in [-0.05, 0) is 6.08 Å². The third-order valence-corrected chi connectivity index (χ3v) is 3.31. The predicted octanol–water partition coefficient (Wildman–Crippen LogP) is 0.520. The first-order chi connectivity index (χ1) is 11.4. The van der Waals surface area contributed by atoms with E-state index >= 15 is 0 Å². The van der Waals surface area contributed by atoms with Crippen LogP contribution < -0.4 is 11.4 Å². The van der Waals surface area contributed by atoms with E-state index in [1.54, 1.807) is 0 Å². The van der Waals surface area contributed by atoms with Gasteiger partial charge in [-0.2, -0.15) is 4.98 Å². The standard InChI is InChI=1S/C14H13F2N3O5/c15-3-8-9(4-16)13(24-10(8)6-20)19-5-7(1-2-11(21)22)12(17)18-14(19)23/h1-5,10,13,20H,6H2,(H,21,22)(H2,17,18,23). The number of carboxylic acids is 1. The SMILES string of the molecule is Nc1nc(=O)n(C2OC(CO)C(=CF)C2=CF)cc1C=CC(=O)O. The van der Waals surface area contributed by atoms with Crippen molar-refractivity contribution in [2.24, 2.45) is 0 Å². The van der Waals surface area contributed by atoms with Crippen molar-refractivity contribution in [1.82, 2.24) is 9.55 Å². The molecule has 2 atom stereocenters. The van der Waals surface area contributed by atoms with Gasteiger partial charge >= 0.3 is 11.7 Å². The van der Waals surface area contributed by atoms with Crippen molar-refractivity contribution >= 4 is 17.9 Å². The van der Waals surface area contributed by atoms with E-state index in [-0.39, 0.29) is 35.2 Å². The topological polar surface area (TPSA) is 128 Å². The Labute approximate surface area is 133 Å². The Morgan fingerprint density at radius 3 is 2.62 bits per heavy atom. The van der Waals surface area contributed by atoms with Crippen LogP contribution in [0, 0.1) is 0 Å². The maximum absolute atomic E-state index is 13.2. The molecule has 0 aromatic carbocycles. The number of carboxylic acid groups (broad SMARTS) is 1. The van der Waals surface area contributed by atoms with Gasteiger partial charge < -0.3 is 20.7 Å². The number of nitrogens with two attached hydrogens (primary N) is 1. The molecule has 1 aliphatic heterocycles. The molecule has 1 aromatic rings. The fourth-order valence-corrected chi connectivity index (χ4v) is 2.19. The van der Waals surface area contributed by atoms with E-state index in [1.165, 1.54) is 0 Å². The zero-order valence-electron chi connectivity index (χ0n) is 12.1. The average molecular weight is 341 g/mol. The molecule has 1 aliphatic rings. The van der Waals surface area contributed by atoms with E-state index < -0.39 is 30.6 Å². The van der Waals surface area contributed by atoms with Crippen LogP contribution >= 0.6 is 0 Å². The van der Waals surface area contributed by atoms with E-state index in [9.17, 15) is 23.5 Å². The summed E-state index contributed by atoms with van der Waals surface area (Å²) >= 11 is 0. The zero-order valence-corrected chi connectivity index (χ0v) is 12.1. The van der Waals surface area contributed by atoms with E-state index in [0.717, 1.165) is 22.9 Å². The Hall–Kier alpha value is -2.85. The van der Waals surface area contributed by atoms with Crippen molar-refractivity contribution in [3.05, 3.63) is 52.1 Å². The lowest BCUT2D eigenvalue weighted by Crippen LogP contribution is -2.29. The molecule has 10 heteroatoms. The molecule has 1 saturated heterocycles. The molecule has 0 aliphatic carbocycles. The maximum Gasteiger partial charge on any atom is 0.351 e. The number of rotatable bonds is 4. The molecule has 2 rings (SSSR count). The van der Waals surface area contributed by atoms with Crippen LogP contribution in [0.5, 0.6) is 0 Å². The number of halogens is 2. The van der Waals surface area contributed by atoms with Crippen LogP contribution in [0.1, 0.15) is 11.8 Å². The average Bonchev–Trinajstić information content (AvgIpc) is 2.91. The smallest absolute Gasteiger partial charge is 0.351 e. The van der Waals surface area contributed by atoms with Crippen LogP contribution in [0.4, 0.5) is 14.6 Å². The molecule has 8 nitrogen and oxygen atoms in total. The van der Waals surface area contributed by atoms with Crippen molar-refractivity contribution in [3.63, 3.8) is 0 Å². The van der Waals surface area contributed by atoms with Crippen molar-refractivity contribution < 1.29 is 28.5 Å². The summed E-state index contributed by atoms with van der Waals surface area (Å²) in [5.41, 5.74) is 4.13. The minimum Gasteiger partial charge on any atom is -0.478 e. The first-order valence-corrected chi connectivity index (χ1v) is 6.59. The Bertz CT molecular complexity index is 800. The summed E-state index contributed by atoms with van der Waals surface area (Å²) in [5, 5.41) is 17.8. The van der Waals surface area contributed by atoms with Gasteiger partial charge in [-0.3, -0.25) is 4.57 Å². The van der Waals surface area contributed by atoms with Gasteiger partial charge in [0.05, 0.1) is 19.3 Å². The van der Waals surface area contributed by atoms with Crippen LogP contribution in [0.15, 0.2) is 40.9 Å². The van der Waals surface area contributed by atoms with Gasteiger partial charge in [-0.25, -0.2) is 18.4 Å². The molecule has 0 radical (unpaired) electrons. The molecule has 4 N–H and O–H groups in total. The summed E-state index contributed by atoms with van der Waals surface area (Å²) in [6.07, 6.45) is 0.551. The lowest BCUT2D eigenvalue weighted by atomic mass is 10.1. The normalized spacial score (nSPS) is 24.3. The Morgan fingerprint density at radius 1 is 1.42 bits per heavy atom. The Morgan fingerprint density at radius 2 is 2.08 bits per heavy atom. The Kier molecular flexibility index (Phi) is 5.21. The van der Waals surface area contributed by atoms with Crippen LogP contribution in [0.3, 0.4) is 0 Å². The van der Waals surface area contributed by atoms with Crippen LogP contribution in [-0.4, -0.2) is 38.4 Å². The Balaban J connectivity index is 2.54. The highest BCUT2D eigenvalue weighted by Crippen LogP contribution is 2.38. The van der Waals surface area contributed by atoms with Crippen molar-refractivity contribution in [1.29, 1.82) is 0 Å². The number of aliphatic hydroxyl groups excluding tert-OH is 1. The molecule has 2 unspecified atom stereocenters. The van der Waals surface area contributed by atoms with Gasteiger partial charge in [0.1, 0.15) is 11.9 Å². The second-order valence-electron chi connectivity index (χ2n) is 4.73. The van der Waals surface area contributed by atoms with E-state index in [0.29, 0.717) is 0 Å². The highest BCUT2D eigenvalue weighted by Gasteiger charge is 2.37. The molecular weight excluding hydrogens is 328 g/mol. The molecule has 2 heterocycles. The van der Waals surface area contributed by atoms with Gasteiger partial charge in [-0.15, -0.1) is 0 Å². The molecule has 0 bridgehead atoms. The highest BCUT2D eigenvalue weighted by molar-refractivity contribution is 5.86. The van der Waals surface area contributed by atoms with Gasteiger partial charge in [0.15, 0.2) is 6.23 Å². The van der Waals surface area contributed by atoms with Crippen molar-refractivity contribution in [2.75, 3.05) is 12.3 Å². The number of hydrogen-bond donors (Lipinski definition) is 3. The summed E-state index contributed by atoms with van der Waals surface area (Å²) < 4.78 is 32.2. The van der Waals surface area contributed by atoms with Crippen molar-refractivity contribution in [3.8, 4) is 0 Å². The number of carbonyl (C=O) groups is 1. The molecule has 1 aromatic heterocycles. The van der Waals surface area contributed by atoms with Gasteiger partial charge in [0, 0.05) is 29.0 Å². The molecule has 0 saturated carbocycles. The second-order valence-corrected chi connectivity index (χ2v) is 4.73. The number of anilines is 1. The predicted molar refractivity (Wildman–Crippen MR) is 79.0 cm³/mol. The maximum atomic E-state index is 13.2. The second kappa shape index (κ2) is 7.15. The largest absolute Gasteiger partial charge is 0.478 e. The number of nitrogens with zero attached hydrogens (tertiary/aromatic N) is 2. The molecule has 0 amide bonds. The minimum absolute atomic E-state index is 0.0568. The summed E-state index contributed by atoms with van der Waals surface area (Å²) in [7, 11) is 0. The lowest BCUT2D eigenvalue weighted by Gasteiger charge is -2.15. The lowest BCUT2D eigenvalue weighted by molar-refractivity contribution is -0.131. The number of aromatic nitrogens is 2. The molecule has 24 heavy (non-hydrogen) atoms. The number of nitrogen functional groups attached to an aromatic ring is 1. The van der Waals surface area contributed by atoms with E-state index in [1.807, 2.05) is 0 Å². The number of aliphatic hydroxyl groups is 1. The monoisotopic (exact) mass is 341 g/mol. The number of aliphatic carboxylic acids is 1. The number of ether oxygens (including phenoxy) is 1. The zero-order chi connectivity index (χ0) is 17.9. The number of hydrogen-bond acceptors (Lipinski definition) is 6. The van der Waals surface area contributed by atoms with Gasteiger partial charge in [-0.1, -0.05) is 0 Å². The molecular formula is C14H13F2N3O5. The van der Waals surface area contributed by atoms with Crippen LogP contribution in [-0.2, 0) is 9.53 Å². The molecule has 1 fully saturated rings. The highest BCUT2D eigenvalue weighted by atomic mass is 19.1. The van der Waals surface area contributed by atoms with E-state index in [4.69, 9.17) is 15.6 Å². The summed E-state index contributed by atoms with van der Waals surface area (Å²) in [6, 6.07) is 0. The quantitative estimate of drug-likeness (QED) is 0.681. The fourth-order valence-electron chi connectivity index (χ4n) is 2.19. The first kappa shape index (κ1) is 17.5. The van der Waals surface area contributed by atoms with Gasteiger partial charge in [0.2, 0.25) is 0 Å². The summed E-state index contributed by atoms with van der Waals surface area (Å²) in [6.45, 7) is -0.632. The fraction of sp³-hybridized carbons (Fsp3) is 0.214. The van der Waals surface area contributed by atoms with Crippen LogP contribution in [0.25, 0.3) is 6.08 Å². The third kappa shape index (κ3) is 3.24. The summed E-state index contributed by atoms with van der Waals surface area (Å²) in [5.74, 6) is -1.49. The third-order valence-electron chi connectivity index (χ3n) is 3.31. The van der Waals surface area contributed by atoms with E-state index in [2.05, 4.69) is 4.98 Å². The van der Waals surface area contributed by atoms with Crippen molar-refractivity contribution in [2.45, 2.75) is 12.3 Å². The van der Waals surface area contributed by atoms with Crippen LogP contribution in [0.2, 0.25) is 0 Å². The molecule has 0 spiro atoms. The molecule has 128 valence electrons. The first-order valence-electron chi connectivity index (χ1n) is 6.59.